The number of ether oxygens (including phenoxy) is 1. The number of methoxy groups -OCH3 is 1. The minimum absolute atomic E-state index is 0.165. The highest BCUT2D eigenvalue weighted by Crippen LogP contribution is 2.31. The molecule has 2 heterocycles. The Morgan fingerprint density at radius 3 is 3.00 bits per heavy atom. The Labute approximate surface area is 116 Å². The summed E-state index contributed by atoms with van der Waals surface area (Å²) in [7, 11) is 1.52. The molecule has 3 atom stereocenters. The van der Waals surface area contributed by atoms with Crippen molar-refractivity contribution in [1.82, 2.24) is 15.6 Å². The smallest absolute Gasteiger partial charge is 0.270 e. The summed E-state index contributed by atoms with van der Waals surface area (Å²) in [5.74, 6) is 0.854. The third kappa shape index (κ3) is 2.40. The molecular formula is C13H16ClN3O2. The van der Waals surface area contributed by atoms with Gasteiger partial charge in [0.25, 0.3) is 5.91 Å². The lowest BCUT2D eigenvalue weighted by Crippen LogP contribution is -2.44. The van der Waals surface area contributed by atoms with Gasteiger partial charge in [-0.2, -0.15) is 0 Å². The van der Waals surface area contributed by atoms with E-state index in [0.29, 0.717) is 28.4 Å². The largest absolute Gasteiger partial charge is 0.494 e. The molecule has 1 aliphatic heterocycles. The normalized spacial score (nSPS) is 28.4. The molecule has 2 aliphatic rings. The molecule has 19 heavy (non-hydrogen) atoms. The molecule has 1 aromatic heterocycles. The predicted molar refractivity (Wildman–Crippen MR) is 71.6 cm³/mol. The number of hydrogen-bond donors (Lipinski definition) is 2. The van der Waals surface area contributed by atoms with Crippen LogP contribution in [0.2, 0.25) is 5.02 Å². The molecule has 3 rings (SSSR count). The van der Waals surface area contributed by atoms with E-state index in [0.717, 1.165) is 19.4 Å². The van der Waals surface area contributed by atoms with Crippen LogP contribution in [0.4, 0.5) is 0 Å². The van der Waals surface area contributed by atoms with Crippen LogP contribution < -0.4 is 15.4 Å². The fraction of sp³-hybridized carbons (Fsp3) is 0.538. The molecule has 1 aromatic rings. The summed E-state index contributed by atoms with van der Waals surface area (Å²) in [6.07, 6.45) is 3.63. The lowest BCUT2D eigenvalue weighted by molar-refractivity contribution is 0.0920. The standard InChI is InChI=1S/C13H16ClN3O2/c1-19-12-6-16-11(4-9(12)14)13(18)17-10-3-8-2-7(10)5-15-8/h4,6-8,10,15H,2-3,5H2,1H3,(H,17,18). The third-order valence-corrected chi connectivity index (χ3v) is 4.25. The van der Waals surface area contributed by atoms with E-state index < -0.39 is 0 Å². The van der Waals surface area contributed by atoms with E-state index >= 15 is 0 Å². The van der Waals surface area contributed by atoms with Crippen LogP contribution in [0.5, 0.6) is 5.75 Å². The van der Waals surface area contributed by atoms with Crippen molar-refractivity contribution in [1.29, 1.82) is 0 Å². The zero-order valence-electron chi connectivity index (χ0n) is 10.6. The molecule has 0 spiro atoms. The average molecular weight is 282 g/mol. The van der Waals surface area contributed by atoms with Gasteiger partial charge in [0, 0.05) is 18.6 Å². The zero-order chi connectivity index (χ0) is 13.4. The summed E-state index contributed by atoms with van der Waals surface area (Å²) in [5.41, 5.74) is 0.335. The highest BCUT2D eigenvalue weighted by molar-refractivity contribution is 6.32. The first-order chi connectivity index (χ1) is 9.17. The second-order valence-corrected chi connectivity index (χ2v) is 5.53. The van der Waals surface area contributed by atoms with Crippen LogP contribution in [-0.4, -0.2) is 36.6 Å². The lowest BCUT2D eigenvalue weighted by atomic mass is 10.0. The number of pyridine rings is 1. The van der Waals surface area contributed by atoms with Crippen LogP contribution in [-0.2, 0) is 0 Å². The van der Waals surface area contributed by atoms with Crippen molar-refractivity contribution < 1.29 is 9.53 Å². The van der Waals surface area contributed by atoms with Crippen molar-refractivity contribution in [3.05, 3.63) is 23.0 Å². The molecule has 1 saturated heterocycles. The molecule has 102 valence electrons. The number of carbonyl (C=O) groups is 1. The van der Waals surface area contributed by atoms with E-state index in [-0.39, 0.29) is 11.9 Å². The summed E-state index contributed by atoms with van der Waals surface area (Å²) in [4.78, 5) is 16.2. The van der Waals surface area contributed by atoms with Crippen LogP contribution in [0.15, 0.2) is 12.3 Å². The summed E-state index contributed by atoms with van der Waals surface area (Å²) >= 11 is 6.00. The number of hydrogen-bond acceptors (Lipinski definition) is 4. The fourth-order valence-electron chi connectivity index (χ4n) is 2.95. The molecule has 0 radical (unpaired) electrons. The predicted octanol–water partition coefficient (Wildman–Crippen LogP) is 1.22. The van der Waals surface area contributed by atoms with Gasteiger partial charge in [-0.15, -0.1) is 0 Å². The molecule has 2 fully saturated rings. The van der Waals surface area contributed by atoms with Crippen molar-refractivity contribution in [2.24, 2.45) is 5.92 Å². The molecule has 3 unspecified atom stereocenters. The van der Waals surface area contributed by atoms with Gasteiger partial charge >= 0.3 is 0 Å². The number of rotatable bonds is 3. The number of carbonyl (C=O) groups excluding carboxylic acids is 1. The Morgan fingerprint density at radius 1 is 1.58 bits per heavy atom. The average Bonchev–Trinajstić information content (AvgIpc) is 3.00. The quantitative estimate of drug-likeness (QED) is 0.875. The Bertz CT molecular complexity index is 509. The van der Waals surface area contributed by atoms with Crippen LogP contribution in [0.25, 0.3) is 0 Å². The molecule has 1 amide bonds. The second kappa shape index (κ2) is 4.98. The maximum atomic E-state index is 12.1. The maximum Gasteiger partial charge on any atom is 0.270 e. The Morgan fingerprint density at radius 2 is 2.42 bits per heavy atom. The molecule has 5 nitrogen and oxygen atoms in total. The Kier molecular flexibility index (Phi) is 3.33. The van der Waals surface area contributed by atoms with Gasteiger partial charge in [0.1, 0.15) is 5.69 Å². The molecule has 1 aliphatic carbocycles. The lowest BCUT2D eigenvalue weighted by Gasteiger charge is -2.23. The van der Waals surface area contributed by atoms with E-state index in [9.17, 15) is 4.79 Å². The van der Waals surface area contributed by atoms with E-state index in [1.807, 2.05) is 0 Å². The number of amides is 1. The van der Waals surface area contributed by atoms with Gasteiger partial charge in [0.15, 0.2) is 5.75 Å². The van der Waals surface area contributed by atoms with E-state index in [1.54, 1.807) is 6.07 Å². The van der Waals surface area contributed by atoms with Gasteiger partial charge in [-0.05, 0) is 24.8 Å². The van der Waals surface area contributed by atoms with Crippen LogP contribution in [0.3, 0.4) is 0 Å². The van der Waals surface area contributed by atoms with Crippen molar-refractivity contribution in [3.8, 4) is 5.75 Å². The second-order valence-electron chi connectivity index (χ2n) is 5.12. The third-order valence-electron chi connectivity index (χ3n) is 3.95. The highest BCUT2D eigenvalue weighted by Gasteiger charge is 2.40. The van der Waals surface area contributed by atoms with Crippen molar-refractivity contribution >= 4 is 17.5 Å². The summed E-state index contributed by atoms with van der Waals surface area (Å²) < 4.78 is 5.02. The summed E-state index contributed by atoms with van der Waals surface area (Å²) in [6, 6.07) is 2.35. The molecular weight excluding hydrogens is 266 g/mol. The molecule has 1 saturated carbocycles. The topological polar surface area (TPSA) is 63.2 Å². The van der Waals surface area contributed by atoms with Gasteiger partial charge in [0.2, 0.25) is 0 Å². The zero-order valence-corrected chi connectivity index (χ0v) is 11.4. The first kappa shape index (κ1) is 12.7. The molecule has 0 aromatic carbocycles. The number of halogens is 1. The van der Waals surface area contributed by atoms with Crippen molar-refractivity contribution in [2.45, 2.75) is 24.9 Å². The van der Waals surface area contributed by atoms with Gasteiger partial charge in [-0.3, -0.25) is 4.79 Å². The van der Waals surface area contributed by atoms with Crippen LogP contribution in [0, 0.1) is 5.92 Å². The van der Waals surface area contributed by atoms with Gasteiger partial charge in [-0.25, -0.2) is 4.98 Å². The van der Waals surface area contributed by atoms with Crippen LogP contribution in [0.1, 0.15) is 23.3 Å². The number of aromatic nitrogens is 1. The number of nitrogens with one attached hydrogen (secondary N) is 2. The number of nitrogens with zero attached hydrogens (tertiary/aromatic N) is 1. The van der Waals surface area contributed by atoms with Gasteiger partial charge < -0.3 is 15.4 Å². The summed E-state index contributed by atoms with van der Waals surface area (Å²) in [6.45, 7) is 0.992. The van der Waals surface area contributed by atoms with Crippen molar-refractivity contribution in [3.63, 3.8) is 0 Å². The highest BCUT2D eigenvalue weighted by atomic mass is 35.5. The SMILES string of the molecule is COc1cnc(C(=O)NC2CC3CC2CN3)cc1Cl. The van der Waals surface area contributed by atoms with E-state index in [2.05, 4.69) is 15.6 Å². The van der Waals surface area contributed by atoms with Crippen LogP contribution >= 0.6 is 11.6 Å². The van der Waals surface area contributed by atoms with E-state index in [1.165, 1.54) is 13.3 Å². The summed E-state index contributed by atoms with van der Waals surface area (Å²) in [5, 5.41) is 6.87. The minimum atomic E-state index is -0.165. The number of fused-ring (bicyclic) bond motifs is 2. The fourth-order valence-corrected chi connectivity index (χ4v) is 3.18. The first-order valence-electron chi connectivity index (χ1n) is 6.41. The Hall–Kier alpha value is -1.33. The molecule has 2 N–H and O–H groups in total. The molecule has 2 bridgehead atoms. The number of piperidine rings is 1. The van der Waals surface area contributed by atoms with E-state index in [4.69, 9.17) is 16.3 Å². The van der Waals surface area contributed by atoms with Crippen molar-refractivity contribution in [2.75, 3.05) is 13.7 Å². The maximum absolute atomic E-state index is 12.1. The minimum Gasteiger partial charge on any atom is -0.494 e. The first-order valence-corrected chi connectivity index (χ1v) is 6.79. The van der Waals surface area contributed by atoms with Gasteiger partial charge in [-0.1, -0.05) is 11.6 Å². The monoisotopic (exact) mass is 281 g/mol. The Balaban J connectivity index is 1.69. The van der Waals surface area contributed by atoms with Gasteiger partial charge in [0.05, 0.1) is 18.3 Å². The molecule has 6 heteroatoms.